The monoisotopic (exact) mass is 258 g/mol. The van der Waals surface area contributed by atoms with E-state index in [1.807, 2.05) is 33.8 Å². The van der Waals surface area contributed by atoms with Crippen molar-refractivity contribution in [3.8, 4) is 0 Å². The molecule has 1 amide bonds. The van der Waals surface area contributed by atoms with Gasteiger partial charge in [-0.3, -0.25) is 14.5 Å². The molecule has 100 valence electrons. The zero-order valence-electron chi connectivity index (χ0n) is 11.6. The van der Waals surface area contributed by atoms with Crippen LogP contribution in [0.5, 0.6) is 0 Å². The van der Waals surface area contributed by atoms with Crippen molar-refractivity contribution in [1.82, 2.24) is 14.8 Å². The number of aromatic nitrogens is 3. The van der Waals surface area contributed by atoms with Crippen molar-refractivity contribution < 1.29 is 4.79 Å². The first kappa shape index (κ1) is 13.3. The number of hydrogen-bond acceptors (Lipinski definition) is 3. The molecule has 0 aromatic carbocycles. The number of nitrogens with zero attached hydrogens (tertiary/aromatic N) is 3. The summed E-state index contributed by atoms with van der Waals surface area (Å²) in [6.45, 7) is 7.62. The number of nitrogens with one attached hydrogen (secondary N) is 1. The van der Waals surface area contributed by atoms with Gasteiger partial charge in [0, 0.05) is 18.1 Å². The van der Waals surface area contributed by atoms with Gasteiger partial charge in [0.1, 0.15) is 6.04 Å². The number of pyridine rings is 1. The third-order valence-corrected chi connectivity index (χ3v) is 3.07. The van der Waals surface area contributed by atoms with Gasteiger partial charge in [0.25, 0.3) is 0 Å². The van der Waals surface area contributed by atoms with Gasteiger partial charge in [0.05, 0.1) is 11.4 Å². The SMILES string of the molecule is Cc1cc(C)c(NC(=O)C(C)n2cccn2)c(C)n1. The van der Waals surface area contributed by atoms with Crippen molar-refractivity contribution in [3.05, 3.63) is 41.5 Å². The average molecular weight is 258 g/mol. The summed E-state index contributed by atoms with van der Waals surface area (Å²) in [6.07, 6.45) is 3.44. The highest BCUT2D eigenvalue weighted by molar-refractivity contribution is 5.94. The van der Waals surface area contributed by atoms with Crippen molar-refractivity contribution in [2.75, 3.05) is 5.32 Å². The molecule has 0 aliphatic carbocycles. The Kier molecular flexibility index (Phi) is 3.64. The molecule has 1 unspecified atom stereocenters. The molecule has 2 aromatic heterocycles. The van der Waals surface area contributed by atoms with E-state index in [9.17, 15) is 4.79 Å². The maximum atomic E-state index is 12.2. The fourth-order valence-corrected chi connectivity index (χ4v) is 2.07. The lowest BCUT2D eigenvalue weighted by atomic mass is 10.1. The minimum atomic E-state index is -0.352. The molecular formula is C14H18N4O. The molecule has 0 fully saturated rings. The number of hydrogen-bond donors (Lipinski definition) is 1. The Morgan fingerprint density at radius 3 is 2.68 bits per heavy atom. The van der Waals surface area contributed by atoms with Crippen LogP contribution in [0, 0.1) is 20.8 Å². The van der Waals surface area contributed by atoms with Gasteiger partial charge in [-0.25, -0.2) is 0 Å². The van der Waals surface area contributed by atoms with Gasteiger partial charge >= 0.3 is 0 Å². The van der Waals surface area contributed by atoms with Crippen LogP contribution in [0.4, 0.5) is 5.69 Å². The molecule has 0 spiro atoms. The fourth-order valence-electron chi connectivity index (χ4n) is 2.07. The van der Waals surface area contributed by atoms with Crippen molar-refractivity contribution in [2.24, 2.45) is 0 Å². The first-order valence-electron chi connectivity index (χ1n) is 6.24. The molecule has 0 radical (unpaired) electrons. The summed E-state index contributed by atoms with van der Waals surface area (Å²) in [5, 5.41) is 7.01. The quantitative estimate of drug-likeness (QED) is 0.919. The number of amides is 1. The maximum absolute atomic E-state index is 12.2. The lowest BCUT2D eigenvalue weighted by molar-refractivity contribution is -0.119. The van der Waals surface area contributed by atoms with E-state index in [0.717, 1.165) is 22.6 Å². The molecule has 0 bridgehead atoms. The Hall–Kier alpha value is -2.17. The molecule has 5 nitrogen and oxygen atoms in total. The van der Waals surface area contributed by atoms with Crippen molar-refractivity contribution in [1.29, 1.82) is 0 Å². The lowest BCUT2D eigenvalue weighted by Gasteiger charge is -2.16. The van der Waals surface area contributed by atoms with Gasteiger partial charge in [-0.2, -0.15) is 5.10 Å². The third kappa shape index (κ3) is 2.81. The van der Waals surface area contributed by atoms with Crippen LogP contribution >= 0.6 is 0 Å². The summed E-state index contributed by atoms with van der Waals surface area (Å²) in [7, 11) is 0. The number of carbonyl (C=O) groups excluding carboxylic acids is 1. The Bertz CT molecular complexity index is 566. The summed E-state index contributed by atoms with van der Waals surface area (Å²) in [4.78, 5) is 16.6. The second-order valence-corrected chi connectivity index (χ2v) is 4.69. The Morgan fingerprint density at radius 1 is 1.37 bits per heavy atom. The predicted octanol–water partition coefficient (Wildman–Crippen LogP) is 2.40. The zero-order valence-corrected chi connectivity index (χ0v) is 11.6. The smallest absolute Gasteiger partial charge is 0.249 e. The van der Waals surface area contributed by atoms with Crippen molar-refractivity contribution in [2.45, 2.75) is 33.7 Å². The van der Waals surface area contributed by atoms with Gasteiger partial charge in [-0.1, -0.05) is 0 Å². The highest BCUT2D eigenvalue weighted by Gasteiger charge is 2.17. The predicted molar refractivity (Wildman–Crippen MR) is 74.0 cm³/mol. The van der Waals surface area contributed by atoms with E-state index < -0.39 is 0 Å². The van der Waals surface area contributed by atoms with E-state index >= 15 is 0 Å². The normalized spacial score (nSPS) is 12.2. The molecule has 1 N–H and O–H groups in total. The van der Waals surface area contributed by atoms with Crippen molar-refractivity contribution in [3.63, 3.8) is 0 Å². The number of carbonyl (C=O) groups is 1. The highest BCUT2D eigenvalue weighted by atomic mass is 16.2. The first-order valence-corrected chi connectivity index (χ1v) is 6.24. The summed E-state index contributed by atoms with van der Waals surface area (Å²) in [6, 6.07) is 3.41. The van der Waals surface area contributed by atoms with Gasteiger partial charge in [0.15, 0.2) is 0 Å². The molecule has 2 aromatic rings. The van der Waals surface area contributed by atoms with Crippen LogP contribution in [0.3, 0.4) is 0 Å². The summed E-state index contributed by atoms with van der Waals surface area (Å²) in [5.74, 6) is -0.0967. The summed E-state index contributed by atoms with van der Waals surface area (Å²) < 4.78 is 1.63. The molecule has 0 aliphatic heterocycles. The van der Waals surface area contributed by atoms with Crippen LogP contribution in [0.2, 0.25) is 0 Å². The van der Waals surface area contributed by atoms with Gasteiger partial charge in [0.2, 0.25) is 5.91 Å². The second kappa shape index (κ2) is 5.22. The molecule has 0 saturated carbocycles. The molecule has 2 heterocycles. The largest absolute Gasteiger partial charge is 0.322 e. The number of rotatable bonds is 3. The van der Waals surface area contributed by atoms with E-state index in [1.165, 1.54) is 0 Å². The van der Waals surface area contributed by atoms with E-state index in [0.29, 0.717) is 0 Å². The fraction of sp³-hybridized carbons (Fsp3) is 0.357. The molecule has 5 heteroatoms. The van der Waals surface area contributed by atoms with Crippen LogP contribution in [0.25, 0.3) is 0 Å². The van der Waals surface area contributed by atoms with Crippen LogP contribution in [-0.4, -0.2) is 20.7 Å². The second-order valence-electron chi connectivity index (χ2n) is 4.69. The minimum Gasteiger partial charge on any atom is -0.322 e. The Balaban J connectivity index is 2.20. The van der Waals surface area contributed by atoms with Gasteiger partial charge in [-0.05, 0) is 45.4 Å². The van der Waals surface area contributed by atoms with E-state index in [2.05, 4.69) is 15.4 Å². The summed E-state index contributed by atoms with van der Waals surface area (Å²) in [5.41, 5.74) is 3.59. The third-order valence-electron chi connectivity index (χ3n) is 3.07. The lowest BCUT2D eigenvalue weighted by Crippen LogP contribution is -2.25. The van der Waals surface area contributed by atoms with E-state index in [1.54, 1.807) is 23.1 Å². The number of anilines is 1. The first-order chi connectivity index (χ1) is 8.99. The Morgan fingerprint density at radius 2 is 2.11 bits per heavy atom. The molecule has 2 rings (SSSR count). The molecule has 0 aliphatic rings. The van der Waals surface area contributed by atoms with Gasteiger partial charge < -0.3 is 5.32 Å². The Labute approximate surface area is 112 Å². The minimum absolute atomic E-state index is 0.0967. The van der Waals surface area contributed by atoms with Gasteiger partial charge in [-0.15, -0.1) is 0 Å². The van der Waals surface area contributed by atoms with Crippen molar-refractivity contribution >= 4 is 11.6 Å². The molecule has 1 atom stereocenters. The van der Waals surface area contributed by atoms with Crippen LogP contribution in [0.1, 0.15) is 29.9 Å². The topological polar surface area (TPSA) is 59.8 Å². The molecule has 0 saturated heterocycles. The van der Waals surface area contributed by atoms with Crippen LogP contribution in [0.15, 0.2) is 24.5 Å². The highest BCUT2D eigenvalue weighted by Crippen LogP contribution is 2.20. The van der Waals surface area contributed by atoms with Crippen LogP contribution in [-0.2, 0) is 4.79 Å². The molecule has 19 heavy (non-hydrogen) atoms. The zero-order chi connectivity index (χ0) is 14.0. The number of aryl methyl sites for hydroxylation is 3. The van der Waals surface area contributed by atoms with E-state index in [4.69, 9.17) is 0 Å². The maximum Gasteiger partial charge on any atom is 0.249 e. The average Bonchev–Trinajstić information content (AvgIpc) is 2.86. The molecular weight excluding hydrogens is 240 g/mol. The standard InChI is InChI=1S/C14H18N4O/c1-9-8-10(2)16-11(3)13(9)17-14(19)12(4)18-7-5-6-15-18/h5-8,12H,1-4H3,(H,17,19). The van der Waals surface area contributed by atoms with Crippen LogP contribution < -0.4 is 5.32 Å². The summed E-state index contributed by atoms with van der Waals surface area (Å²) >= 11 is 0. The van der Waals surface area contributed by atoms with E-state index in [-0.39, 0.29) is 11.9 Å².